The van der Waals surface area contributed by atoms with E-state index in [0.717, 1.165) is 41.0 Å². The van der Waals surface area contributed by atoms with Crippen molar-refractivity contribution in [3.8, 4) is 0 Å². The van der Waals surface area contributed by atoms with Gasteiger partial charge in [0.1, 0.15) is 0 Å². The van der Waals surface area contributed by atoms with Crippen LogP contribution >= 0.6 is 23.4 Å². The summed E-state index contributed by atoms with van der Waals surface area (Å²) in [5.74, 6) is 1.79. The van der Waals surface area contributed by atoms with Gasteiger partial charge < -0.3 is 0 Å². The Hall–Kier alpha value is -0.280. The van der Waals surface area contributed by atoms with Crippen molar-refractivity contribution in [3.05, 3.63) is 17.0 Å². The van der Waals surface area contributed by atoms with Gasteiger partial charge >= 0.3 is 0 Å². The molecule has 0 aliphatic carbocycles. The van der Waals surface area contributed by atoms with Crippen molar-refractivity contribution in [1.29, 1.82) is 0 Å². The Kier molecular flexibility index (Phi) is 5.40. The second kappa shape index (κ2) is 6.33. The molecule has 84 valence electrons. The normalized spacial score (nSPS) is 10.7. The molecule has 0 saturated heterocycles. The summed E-state index contributed by atoms with van der Waals surface area (Å²) < 4.78 is 0. The van der Waals surface area contributed by atoms with Gasteiger partial charge in [0.2, 0.25) is 0 Å². The van der Waals surface area contributed by atoms with Gasteiger partial charge in [0, 0.05) is 23.0 Å². The number of halogens is 1. The summed E-state index contributed by atoms with van der Waals surface area (Å²) in [6, 6.07) is 0. The van der Waals surface area contributed by atoms with Gasteiger partial charge in [-0.05, 0) is 39.2 Å². The summed E-state index contributed by atoms with van der Waals surface area (Å²) in [5, 5.41) is 0.894. The lowest BCUT2D eigenvalue weighted by molar-refractivity contribution is 0.866. The lowest BCUT2D eigenvalue weighted by Crippen LogP contribution is -1.98. The van der Waals surface area contributed by atoms with E-state index in [1.54, 1.807) is 11.8 Å². The van der Waals surface area contributed by atoms with E-state index in [1.165, 1.54) is 5.56 Å². The number of hydrogen-bond donors (Lipinski definition) is 0. The number of nitrogens with zero attached hydrogens (tertiary/aromatic N) is 2. The third kappa shape index (κ3) is 3.99. The van der Waals surface area contributed by atoms with Crippen LogP contribution in [0.1, 0.15) is 29.8 Å². The number of aryl methyl sites for hydroxylation is 2. The Morgan fingerprint density at radius 1 is 1.07 bits per heavy atom. The van der Waals surface area contributed by atoms with Crippen LogP contribution in [0.5, 0.6) is 0 Å². The lowest BCUT2D eigenvalue weighted by atomic mass is 10.2. The minimum atomic E-state index is 0.743. The van der Waals surface area contributed by atoms with Crippen molar-refractivity contribution in [2.75, 3.05) is 11.6 Å². The van der Waals surface area contributed by atoms with Gasteiger partial charge in [-0.25, -0.2) is 9.97 Å². The molecule has 1 rings (SSSR count). The van der Waals surface area contributed by atoms with Gasteiger partial charge in [-0.1, -0.05) is 11.8 Å². The van der Waals surface area contributed by atoms with Crippen LogP contribution in [0.15, 0.2) is 5.16 Å². The van der Waals surface area contributed by atoms with E-state index in [4.69, 9.17) is 11.6 Å². The van der Waals surface area contributed by atoms with E-state index < -0.39 is 0 Å². The van der Waals surface area contributed by atoms with Crippen LogP contribution in [0.25, 0.3) is 0 Å². The average molecular weight is 245 g/mol. The summed E-state index contributed by atoms with van der Waals surface area (Å²) in [4.78, 5) is 8.90. The Balaban J connectivity index is 2.55. The number of thioether (sulfide) groups is 1. The van der Waals surface area contributed by atoms with Gasteiger partial charge in [0.25, 0.3) is 0 Å². The molecule has 0 bridgehead atoms. The minimum Gasteiger partial charge on any atom is -0.228 e. The summed E-state index contributed by atoms with van der Waals surface area (Å²) in [7, 11) is 0. The summed E-state index contributed by atoms with van der Waals surface area (Å²) in [5.41, 5.74) is 3.37. The van der Waals surface area contributed by atoms with Crippen molar-refractivity contribution in [2.45, 2.75) is 38.8 Å². The smallest absolute Gasteiger partial charge is 0.187 e. The van der Waals surface area contributed by atoms with Crippen LogP contribution < -0.4 is 0 Å². The topological polar surface area (TPSA) is 25.8 Å². The maximum Gasteiger partial charge on any atom is 0.187 e. The Morgan fingerprint density at radius 2 is 1.67 bits per heavy atom. The van der Waals surface area contributed by atoms with Gasteiger partial charge in [-0.2, -0.15) is 0 Å². The first kappa shape index (κ1) is 12.8. The molecule has 0 amide bonds. The monoisotopic (exact) mass is 244 g/mol. The van der Waals surface area contributed by atoms with E-state index in [0.29, 0.717) is 0 Å². The molecule has 0 radical (unpaired) electrons. The minimum absolute atomic E-state index is 0.743. The predicted molar refractivity (Wildman–Crippen MR) is 66.9 cm³/mol. The molecule has 2 nitrogen and oxygen atoms in total. The predicted octanol–water partition coefficient (Wildman–Crippen LogP) is 3.51. The highest BCUT2D eigenvalue weighted by molar-refractivity contribution is 7.99. The SMILES string of the molecule is Cc1nc(SCCCCCl)nc(C)c1C. The molecule has 0 unspecified atom stereocenters. The quantitative estimate of drug-likeness (QED) is 0.343. The standard InChI is InChI=1S/C11H17ClN2S/c1-8-9(2)13-11(14-10(8)3)15-7-5-4-6-12/h4-7H2,1-3H3. The van der Waals surface area contributed by atoms with Gasteiger partial charge in [-0.15, -0.1) is 11.6 Å². The second-order valence-corrected chi connectivity index (χ2v) is 4.99. The molecule has 15 heavy (non-hydrogen) atoms. The third-order valence-electron chi connectivity index (χ3n) is 2.37. The van der Waals surface area contributed by atoms with Crippen LogP contribution in [0.4, 0.5) is 0 Å². The highest BCUT2D eigenvalue weighted by atomic mass is 35.5. The highest BCUT2D eigenvalue weighted by Crippen LogP contribution is 2.18. The van der Waals surface area contributed by atoms with Crippen molar-refractivity contribution in [3.63, 3.8) is 0 Å². The van der Waals surface area contributed by atoms with E-state index in [9.17, 15) is 0 Å². The van der Waals surface area contributed by atoms with Crippen molar-refractivity contribution in [1.82, 2.24) is 9.97 Å². The van der Waals surface area contributed by atoms with Crippen LogP contribution in [-0.4, -0.2) is 21.6 Å². The molecular weight excluding hydrogens is 228 g/mol. The van der Waals surface area contributed by atoms with E-state index in [-0.39, 0.29) is 0 Å². The van der Waals surface area contributed by atoms with E-state index in [1.807, 2.05) is 13.8 Å². The fourth-order valence-corrected chi connectivity index (χ4v) is 2.29. The third-order valence-corrected chi connectivity index (χ3v) is 3.57. The lowest BCUT2D eigenvalue weighted by Gasteiger charge is -2.06. The highest BCUT2D eigenvalue weighted by Gasteiger charge is 2.04. The maximum atomic E-state index is 5.61. The van der Waals surface area contributed by atoms with Crippen LogP contribution in [0.3, 0.4) is 0 Å². The summed E-state index contributed by atoms with van der Waals surface area (Å²) in [6.45, 7) is 6.13. The molecule has 0 N–H and O–H groups in total. The Bertz CT molecular complexity index is 305. The van der Waals surface area contributed by atoms with Crippen LogP contribution in [-0.2, 0) is 0 Å². The largest absolute Gasteiger partial charge is 0.228 e. The molecule has 1 heterocycles. The zero-order chi connectivity index (χ0) is 11.3. The zero-order valence-electron chi connectivity index (χ0n) is 9.51. The Labute approximate surface area is 101 Å². The van der Waals surface area contributed by atoms with Gasteiger partial charge in [0.05, 0.1) is 0 Å². The molecule has 0 spiro atoms. The first-order valence-corrected chi connectivity index (χ1v) is 6.67. The molecule has 0 aliphatic heterocycles. The van der Waals surface area contributed by atoms with Crippen LogP contribution in [0, 0.1) is 20.8 Å². The molecule has 0 fully saturated rings. The Morgan fingerprint density at radius 3 is 2.20 bits per heavy atom. The van der Waals surface area contributed by atoms with Gasteiger partial charge in [-0.3, -0.25) is 0 Å². The number of aromatic nitrogens is 2. The fraction of sp³-hybridized carbons (Fsp3) is 0.636. The van der Waals surface area contributed by atoms with Gasteiger partial charge in [0.15, 0.2) is 5.16 Å². The molecule has 1 aromatic heterocycles. The van der Waals surface area contributed by atoms with Crippen molar-refractivity contribution >= 4 is 23.4 Å². The molecule has 0 saturated carbocycles. The molecular formula is C11H17ClN2S. The first-order valence-electron chi connectivity index (χ1n) is 5.15. The summed E-state index contributed by atoms with van der Waals surface area (Å²) in [6.07, 6.45) is 2.20. The molecule has 4 heteroatoms. The number of rotatable bonds is 5. The van der Waals surface area contributed by atoms with Crippen molar-refractivity contribution in [2.24, 2.45) is 0 Å². The van der Waals surface area contributed by atoms with E-state index in [2.05, 4.69) is 16.9 Å². The molecule has 0 atom stereocenters. The van der Waals surface area contributed by atoms with E-state index >= 15 is 0 Å². The second-order valence-electron chi connectivity index (χ2n) is 3.55. The number of hydrogen-bond acceptors (Lipinski definition) is 3. The van der Waals surface area contributed by atoms with Crippen molar-refractivity contribution < 1.29 is 0 Å². The van der Waals surface area contributed by atoms with Crippen LogP contribution in [0.2, 0.25) is 0 Å². The summed E-state index contributed by atoms with van der Waals surface area (Å²) >= 11 is 7.33. The average Bonchev–Trinajstić information content (AvgIpc) is 2.21. The molecule has 0 aliphatic rings. The number of alkyl halides is 1. The first-order chi connectivity index (χ1) is 7.15. The molecule has 1 aromatic rings. The molecule has 0 aromatic carbocycles. The zero-order valence-corrected chi connectivity index (χ0v) is 11.1. The maximum absolute atomic E-state index is 5.61. The fourth-order valence-electron chi connectivity index (χ4n) is 1.17. The number of unbranched alkanes of at least 4 members (excludes halogenated alkanes) is 1.